The lowest BCUT2D eigenvalue weighted by molar-refractivity contribution is -0.385. The van der Waals surface area contributed by atoms with Crippen LogP contribution in [0.1, 0.15) is 55.5 Å². The van der Waals surface area contributed by atoms with Crippen LogP contribution >= 0.6 is 0 Å². The van der Waals surface area contributed by atoms with E-state index in [0.29, 0.717) is 5.56 Å². The minimum absolute atomic E-state index is 0.000802. The summed E-state index contributed by atoms with van der Waals surface area (Å²) in [6.07, 6.45) is 0. The number of aryl methyl sites for hydroxylation is 2. The first kappa shape index (κ1) is 19.3. The van der Waals surface area contributed by atoms with Crippen LogP contribution in [-0.4, -0.2) is 16.7 Å². The second kappa shape index (κ2) is 7.47. The Morgan fingerprint density at radius 3 is 2.31 bits per heavy atom. The fourth-order valence-corrected chi connectivity index (χ4v) is 3.25. The van der Waals surface area contributed by atoms with Crippen LogP contribution in [0.25, 0.3) is 0 Å². The molecule has 0 heterocycles. The molecule has 2 aromatic rings. The van der Waals surface area contributed by atoms with Gasteiger partial charge in [-0.05, 0) is 62.9 Å². The molecule has 0 amide bonds. The highest BCUT2D eigenvalue weighted by atomic mass is 16.6. The number of benzene rings is 2. The Morgan fingerprint density at radius 2 is 1.73 bits per heavy atom. The van der Waals surface area contributed by atoms with Crippen LogP contribution in [0.3, 0.4) is 0 Å². The summed E-state index contributed by atoms with van der Waals surface area (Å²) in [7, 11) is 0. The predicted molar refractivity (Wildman–Crippen MR) is 97.6 cm³/mol. The molecule has 6 nitrogen and oxygen atoms in total. The molecule has 0 saturated carbocycles. The van der Waals surface area contributed by atoms with Gasteiger partial charge in [0.2, 0.25) is 0 Å². The highest BCUT2D eigenvalue weighted by molar-refractivity contribution is 5.97. The van der Waals surface area contributed by atoms with Gasteiger partial charge in [-0.15, -0.1) is 0 Å². The number of nitro benzene ring substituents is 1. The lowest BCUT2D eigenvalue weighted by Crippen LogP contribution is -2.11. The van der Waals surface area contributed by atoms with E-state index in [1.54, 1.807) is 0 Å². The Balaban J connectivity index is 2.32. The number of nitrogens with zero attached hydrogens (tertiary/aromatic N) is 1. The second-order valence-corrected chi connectivity index (χ2v) is 6.33. The molecule has 0 aromatic heterocycles. The number of esters is 1. The van der Waals surface area contributed by atoms with E-state index in [1.165, 1.54) is 32.0 Å². The van der Waals surface area contributed by atoms with Crippen LogP contribution in [0.4, 0.5) is 5.69 Å². The minimum Gasteiger partial charge on any atom is -0.457 e. The molecule has 0 unspecified atom stereocenters. The van der Waals surface area contributed by atoms with Gasteiger partial charge in [-0.3, -0.25) is 14.9 Å². The van der Waals surface area contributed by atoms with Crippen LogP contribution in [-0.2, 0) is 11.3 Å². The first-order valence-electron chi connectivity index (χ1n) is 8.16. The van der Waals surface area contributed by atoms with Gasteiger partial charge in [-0.25, -0.2) is 4.79 Å². The van der Waals surface area contributed by atoms with Gasteiger partial charge < -0.3 is 4.74 Å². The van der Waals surface area contributed by atoms with Crippen molar-refractivity contribution in [1.82, 2.24) is 0 Å². The van der Waals surface area contributed by atoms with E-state index in [4.69, 9.17) is 4.74 Å². The maximum absolute atomic E-state index is 12.4. The summed E-state index contributed by atoms with van der Waals surface area (Å²) in [4.78, 5) is 34.8. The molecule has 136 valence electrons. The topological polar surface area (TPSA) is 86.5 Å². The van der Waals surface area contributed by atoms with Gasteiger partial charge in [0, 0.05) is 17.2 Å². The standard InChI is InChI=1S/C20H21NO5/c1-11-9-12(2)19(15(5)22)14(4)17(11)10-26-20(23)16-7-6-8-18(13(16)3)21(24)25/h6-9H,10H2,1-5H3. The molecule has 6 heteroatoms. The molecule has 0 spiro atoms. The van der Waals surface area contributed by atoms with Crippen LogP contribution in [0.5, 0.6) is 0 Å². The van der Waals surface area contributed by atoms with Crippen molar-refractivity contribution in [3.8, 4) is 0 Å². The van der Waals surface area contributed by atoms with Gasteiger partial charge >= 0.3 is 5.97 Å². The van der Waals surface area contributed by atoms with E-state index in [1.807, 2.05) is 26.8 Å². The Bertz CT molecular complexity index is 915. The zero-order chi connectivity index (χ0) is 19.6. The maximum atomic E-state index is 12.4. The molecule has 0 aliphatic rings. The van der Waals surface area contributed by atoms with E-state index < -0.39 is 10.9 Å². The monoisotopic (exact) mass is 355 g/mol. The molecule has 0 bridgehead atoms. The summed E-state index contributed by atoms with van der Waals surface area (Å²) < 4.78 is 5.39. The number of ether oxygens (including phenoxy) is 1. The molecule has 26 heavy (non-hydrogen) atoms. The number of ketones is 1. The maximum Gasteiger partial charge on any atom is 0.338 e. The molecule has 0 fully saturated rings. The van der Waals surface area contributed by atoms with Crippen molar-refractivity contribution < 1.29 is 19.2 Å². The number of rotatable bonds is 5. The molecular formula is C20H21NO5. The second-order valence-electron chi connectivity index (χ2n) is 6.33. The highest BCUT2D eigenvalue weighted by Crippen LogP contribution is 2.25. The summed E-state index contributed by atoms with van der Waals surface area (Å²) in [5.41, 5.74) is 4.31. The normalized spacial score (nSPS) is 10.5. The molecular weight excluding hydrogens is 334 g/mol. The Hall–Kier alpha value is -3.02. The van der Waals surface area contributed by atoms with Gasteiger partial charge in [0.1, 0.15) is 6.61 Å². The number of carbonyl (C=O) groups is 2. The summed E-state index contributed by atoms with van der Waals surface area (Å²) >= 11 is 0. The van der Waals surface area contributed by atoms with Crippen molar-refractivity contribution in [1.29, 1.82) is 0 Å². The Labute approximate surface area is 151 Å². The zero-order valence-corrected chi connectivity index (χ0v) is 15.5. The number of Topliss-reactive ketones (excluding diaryl/α,β-unsaturated/α-hetero) is 1. The van der Waals surface area contributed by atoms with Crippen molar-refractivity contribution in [2.45, 2.75) is 41.2 Å². The first-order valence-corrected chi connectivity index (χ1v) is 8.16. The minimum atomic E-state index is -0.630. The largest absolute Gasteiger partial charge is 0.457 e. The molecule has 0 N–H and O–H groups in total. The van der Waals surface area contributed by atoms with Crippen molar-refractivity contribution >= 4 is 17.4 Å². The molecule has 2 rings (SSSR count). The van der Waals surface area contributed by atoms with Crippen LogP contribution < -0.4 is 0 Å². The number of carbonyl (C=O) groups excluding carboxylic acids is 2. The summed E-state index contributed by atoms with van der Waals surface area (Å²) in [6, 6.07) is 6.20. The SMILES string of the molecule is CC(=O)c1c(C)cc(C)c(COC(=O)c2cccc([N+](=O)[O-])c2C)c1C. The van der Waals surface area contributed by atoms with Gasteiger partial charge in [-0.2, -0.15) is 0 Å². The molecule has 0 aliphatic heterocycles. The fourth-order valence-electron chi connectivity index (χ4n) is 3.25. The number of hydrogen-bond donors (Lipinski definition) is 0. The third-order valence-electron chi connectivity index (χ3n) is 4.55. The lowest BCUT2D eigenvalue weighted by atomic mass is 9.92. The zero-order valence-electron chi connectivity index (χ0n) is 15.5. The smallest absolute Gasteiger partial charge is 0.338 e. The van der Waals surface area contributed by atoms with Gasteiger partial charge in [0.15, 0.2) is 5.78 Å². The van der Waals surface area contributed by atoms with Crippen molar-refractivity contribution in [3.63, 3.8) is 0 Å². The fraction of sp³-hybridized carbons (Fsp3) is 0.300. The average molecular weight is 355 g/mol. The summed E-state index contributed by atoms with van der Waals surface area (Å²) in [6.45, 7) is 8.63. The van der Waals surface area contributed by atoms with Crippen LogP contribution in [0, 0.1) is 37.8 Å². The third-order valence-corrected chi connectivity index (χ3v) is 4.55. The molecule has 0 atom stereocenters. The van der Waals surface area contributed by atoms with Crippen LogP contribution in [0.2, 0.25) is 0 Å². The van der Waals surface area contributed by atoms with Crippen molar-refractivity contribution in [2.24, 2.45) is 0 Å². The molecule has 0 radical (unpaired) electrons. The van der Waals surface area contributed by atoms with Gasteiger partial charge in [-0.1, -0.05) is 12.1 Å². The van der Waals surface area contributed by atoms with Crippen molar-refractivity contribution in [3.05, 3.63) is 73.3 Å². The molecule has 0 saturated heterocycles. The van der Waals surface area contributed by atoms with E-state index in [2.05, 4.69) is 0 Å². The molecule has 0 aliphatic carbocycles. The lowest BCUT2D eigenvalue weighted by Gasteiger charge is -2.16. The Kier molecular flexibility index (Phi) is 5.55. The number of nitro groups is 1. The van der Waals surface area contributed by atoms with Gasteiger partial charge in [0.25, 0.3) is 5.69 Å². The van der Waals surface area contributed by atoms with Crippen molar-refractivity contribution in [2.75, 3.05) is 0 Å². The van der Waals surface area contributed by atoms with E-state index in [9.17, 15) is 19.7 Å². The van der Waals surface area contributed by atoms with Gasteiger partial charge in [0.05, 0.1) is 10.5 Å². The van der Waals surface area contributed by atoms with E-state index in [0.717, 1.165) is 22.3 Å². The van der Waals surface area contributed by atoms with Crippen LogP contribution in [0.15, 0.2) is 24.3 Å². The number of hydrogen-bond acceptors (Lipinski definition) is 5. The van der Waals surface area contributed by atoms with E-state index >= 15 is 0 Å². The quantitative estimate of drug-likeness (QED) is 0.344. The van der Waals surface area contributed by atoms with E-state index in [-0.39, 0.29) is 29.2 Å². The highest BCUT2D eigenvalue weighted by Gasteiger charge is 2.20. The summed E-state index contributed by atoms with van der Waals surface area (Å²) in [5.74, 6) is -0.669. The molecule has 2 aromatic carbocycles. The third kappa shape index (κ3) is 3.64. The average Bonchev–Trinajstić information content (AvgIpc) is 2.53. The predicted octanol–water partition coefficient (Wildman–Crippen LogP) is 4.39. The summed E-state index contributed by atoms with van der Waals surface area (Å²) in [5, 5.41) is 11.0. The Morgan fingerprint density at radius 1 is 1.08 bits per heavy atom. The first-order chi connectivity index (χ1) is 12.1.